The van der Waals surface area contributed by atoms with Crippen LogP contribution in [0.3, 0.4) is 0 Å². The third-order valence-corrected chi connectivity index (χ3v) is 2.68. The normalized spacial score (nSPS) is 9.73. The molecule has 0 aliphatic heterocycles. The van der Waals surface area contributed by atoms with E-state index in [1.807, 2.05) is 18.2 Å². The lowest BCUT2D eigenvalue weighted by Gasteiger charge is -2.12. The van der Waals surface area contributed by atoms with Gasteiger partial charge in [0.1, 0.15) is 0 Å². The molecule has 0 bridgehead atoms. The number of ether oxygens (including phenoxy) is 1. The van der Waals surface area contributed by atoms with Crippen LogP contribution in [0.2, 0.25) is 0 Å². The van der Waals surface area contributed by atoms with E-state index in [2.05, 4.69) is 33.0 Å². The lowest BCUT2D eigenvalue weighted by atomic mass is 10.1. The van der Waals surface area contributed by atoms with E-state index in [9.17, 15) is 4.79 Å². The molecule has 0 saturated heterocycles. The van der Waals surface area contributed by atoms with Crippen molar-refractivity contribution in [1.82, 2.24) is 3.93 Å². The highest BCUT2D eigenvalue weighted by Gasteiger charge is 2.08. The Labute approximate surface area is 98.4 Å². The molecule has 1 aromatic rings. The highest BCUT2D eigenvalue weighted by molar-refractivity contribution is 9.07. The summed E-state index contributed by atoms with van der Waals surface area (Å²) in [5.74, 6) is 0. The topological polar surface area (TPSA) is 29.5 Å². The third kappa shape index (κ3) is 4.34. The summed E-state index contributed by atoms with van der Waals surface area (Å²) < 4.78 is 5.95. The largest absolute Gasteiger partial charge is 0.452 e. The maximum atomic E-state index is 11.0. The Kier molecular flexibility index (Phi) is 5.18. The molecule has 1 aromatic carbocycles. The molecule has 0 heterocycles. The van der Waals surface area contributed by atoms with Gasteiger partial charge in [0.25, 0.3) is 0 Å². The Bertz CT molecular complexity index is 303. The number of aryl methyl sites for hydroxylation is 1. The van der Waals surface area contributed by atoms with Gasteiger partial charge in [-0.3, -0.25) is 0 Å². The monoisotopic (exact) mass is 271 g/mol. The first-order valence-corrected chi connectivity index (χ1v) is 5.50. The average Bonchev–Trinajstić information content (AvgIpc) is 2.29. The van der Waals surface area contributed by atoms with Crippen LogP contribution in [0.1, 0.15) is 12.0 Å². The molecule has 0 saturated carbocycles. The smallest absolute Gasteiger partial charge is 0.419 e. The second-order valence-corrected chi connectivity index (χ2v) is 4.00. The molecule has 0 aliphatic rings. The van der Waals surface area contributed by atoms with Crippen molar-refractivity contribution in [3.8, 4) is 0 Å². The molecular formula is C11H14BrNO2. The molecule has 0 N–H and O–H groups in total. The number of nitrogens with zero attached hydrogens (tertiary/aromatic N) is 1. The van der Waals surface area contributed by atoms with Crippen molar-refractivity contribution in [3.63, 3.8) is 0 Å². The van der Waals surface area contributed by atoms with Crippen molar-refractivity contribution in [2.75, 3.05) is 13.7 Å². The number of benzene rings is 1. The highest BCUT2D eigenvalue weighted by Crippen LogP contribution is 2.06. The van der Waals surface area contributed by atoms with Crippen molar-refractivity contribution in [2.45, 2.75) is 12.8 Å². The fourth-order valence-electron chi connectivity index (χ4n) is 1.26. The molecule has 0 aliphatic carbocycles. The fourth-order valence-corrected chi connectivity index (χ4v) is 1.65. The zero-order valence-electron chi connectivity index (χ0n) is 8.65. The van der Waals surface area contributed by atoms with Crippen LogP contribution in [-0.2, 0) is 11.2 Å². The van der Waals surface area contributed by atoms with E-state index in [4.69, 9.17) is 0 Å². The van der Waals surface area contributed by atoms with E-state index < -0.39 is 0 Å². The summed E-state index contributed by atoms with van der Waals surface area (Å²) in [6.07, 6.45) is 1.51. The first-order chi connectivity index (χ1) is 7.24. The van der Waals surface area contributed by atoms with Gasteiger partial charge in [0, 0.05) is 6.54 Å². The van der Waals surface area contributed by atoms with Crippen molar-refractivity contribution in [3.05, 3.63) is 35.9 Å². The third-order valence-electron chi connectivity index (χ3n) is 2.04. The number of halogens is 1. The van der Waals surface area contributed by atoms with Crippen LogP contribution < -0.4 is 0 Å². The first kappa shape index (κ1) is 12.0. The summed E-state index contributed by atoms with van der Waals surface area (Å²) in [5.41, 5.74) is 1.28. The summed E-state index contributed by atoms with van der Waals surface area (Å²) in [4.78, 5) is 11.0. The predicted octanol–water partition coefficient (Wildman–Crippen LogP) is 3.00. The van der Waals surface area contributed by atoms with Gasteiger partial charge >= 0.3 is 6.09 Å². The molecule has 0 radical (unpaired) electrons. The Balaban J connectivity index is 2.25. The minimum absolute atomic E-state index is 0.358. The van der Waals surface area contributed by atoms with Crippen LogP contribution in [0.5, 0.6) is 0 Å². The lowest BCUT2D eigenvalue weighted by Crippen LogP contribution is -2.21. The van der Waals surface area contributed by atoms with Gasteiger partial charge in [0.05, 0.1) is 23.3 Å². The summed E-state index contributed by atoms with van der Waals surface area (Å²) in [6.45, 7) is 0.640. The standard InChI is InChI=1S/C11H14BrNO2/c1-15-11(14)13(12)9-5-8-10-6-3-2-4-7-10/h2-4,6-7H,5,8-9H2,1H3. The number of rotatable bonds is 4. The van der Waals surface area contributed by atoms with E-state index in [1.54, 1.807) is 0 Å². The van der Waals surface area contributed by atoms with Crippen LogP contribution in [-0.4, -0.2) is 23.7 Å². The zero-order chi connectivity index (χ0) is 11.1. The molecule has 0 aromatic heterocycles. The van der Waals surface area contributed by atoms with Crippen molar-refractivity contribution >= 4 is 22.2 Å². The molecule has 1 rings (SSSR count). The van der Waals surface area contributed by atoms with Crippen LogP contribution in [0.25, 0.3) is 0 Å². The molecule has 15 heavy (non-hydrogen) atoms. The minimum Gasteiger partial charge on any atom is -0.452 e. The maximum Gasteiger partial charge on any atom is 0.419 e. The summed E-state index contributed by atoms with van der Waals surface area (Å²) in [5, 5.41) is 0. The van der Waals surface area contributed by atoms with Crippen molar-refractivity contribution in [2.24, 2.45) is 0 Å². The van der Waals surface area contributed by atoms with Gasteiger partial charge in [-0.25, -0.2) is 8.72 Å². The molecule has 0 unspecified atom stereocenters. The summed E-state index contributed by atoms with van der Waals surface area (Å²) in [7, 11) is 1.37. The van der Waals surface area contributed by atoms with Crippen molar-refractivity contribution in [1.29, 1.82) is 0 Å². The van der Waals surface area contributed by atoms with Crippen LogP contribution in [0.4, 0.5) is 4.79 Å². The second kappa shape index (κ2) is 6.45. The molecule has 1 amide bonds. The van der Waals surface area contributed by atoms with E-state index >= 15 is 0 Å². The molecule has 3 nitrogen and oxygen atoms in total. The number of hydrogen-bond donors (Lipinski definition) is 0. The Morgan fingerprint density at radius 3 is 2.67 bits per heavy atom. The number of amides is 1. The Morgan fingerprint density at radius 1 is 1.40 bits per heavy atom. The van der Waals surface area contributed by atoms with E-state index in [0.717, 1.165) is 12.8 Å². The van der Waals surface area contributed by atoms with Crippen molar-refractivity contribution < 1.29 is 9.53 Å². The summed E-state index contributed by atoms with van der Waals surface area (Å²) in [6, 6.07) is 10.2. The van der Waals surface area contributed by atoms with E-state index in [-0.39, 0.29) is 6.09 Å². The minimum atomic E-state index is -0.358. The van der Waals surface area contributed by atoms with Gasteiger partial charge in [-0.2, -0.15) is 0 Å². The predicted molar refractivity (Wildman–Crippen MR) is 62.8 cm³/mol. The average molecular weight is 272 g/mol. The van der Waals surface area contributed by atoms with Gasteiger partial charge in [-0.15, -0.1) is 0 Å². The zero-order valence-corrected chi connectivity index (χ0v) is 10.2. The number of hydrogen-bond acceptors (Lipinski definition) is 2. The summed E-state index contributed by atoms with van der Waals surface area (Å²) >= 11 is 3.14. The molecular weight excluding hydrogens is 258 g/mol. The van der Waals surface area contributed by atoms with Gasteiger partial charge < -0.3 is 4.74 Å². The second-order valence-electron chi connectivity index (χ2n) is 3.14. The SMILES string of the molecule is COC(=O)N(Br)CCCc1ccccc1. The first-order valence-electron chi connectivity index (χ1n) is 4.79. The maximum absolute atomic E-state index is 11.0. The number of carbonyl (C=O) groups excluding carboxylic acids is 1. The van der Waals surface area contributed by atoms with E-state index in [0.29, 0.717) is 6.54 Å². The fraction of sp³-hybridized carbons (Fsp3) is 0.364. The van der Waals surface area contributed by atoms with Gasteiger partial charge in [0.15, 0.2) is 0 Å². The molecule has 0 fully saturated rings. The number of methoxy groups -OCH3 is 1. The Hall–Kier alpha value is -1.03. The van der Waals surface area contributed by atoms with E-state index in [1.165, 1.54) is 16.6 Å². The van der Waals surface area contributed by atoms with Crippen LogP contribution in [0, 0.1) is 0 Å². The highest BCUT2D eigenvalue weighted by atomic mass is 79.9. The molecule has 82 valence electrons. The molecule has 0 atom stereocenters. The lowest BCUT2D eigenvalue weighted by molar-refractivity contribution is 0.153. The van der Waals surface area contributed by atoms with Crippen LogP contribution >= 0.6 is 16.1 Å². The Morgan fingerprint density at radius 2 is 2.07 bits per heavy atom. The van der Waals surface area contributed by atoms with Gasteiger partial charge in [0.2, 0.25) is 0 Å². The molecule has 0 spiro atoms. The van der Waals surface area contributed by atoms with Crippen LogP contribution in [0.15, 0.2) is 30.3 Å². The van der Waals surface area contributed by atoms with Gasteiger partial charge in [-0.1, -0.05) is 30.3 Å². The molecule has 4 heteroatoms. The van der Waals surface area contributed by atoms with Gasteiger partial charge in [-0.05, 0) is 18.4 Å². The number of carbonyl (C=O) groups is 1. The quantitative estimate of drug-likeness (QED) is 0.788.